The summed E-state index contributed by atoms with van der Waals surface area (Å²) in [5, 5.41) is 9.11. The summed E-state index contributed by atoms with van der Waals surface area (Å²) in [6.07, 6.45) is 3.75. The molecule has 6 heteroatoms. The zero-order valence-corrected chi connectivity index (χ0v) is 12.2. The quantitative estimate of drug-likeness (QED) is 0.873. The van der Waals surface area contributed by atoms with E-state index in [1.165, 1.54) is 28.6 Å². The molecule has 4 nitrogen and oxygen atoms in total. The summed E-state index contributed by atoms with van der Waals surface area (Å²) in [7, 11) is -3.48. The Morgan fingerprint density at radius 3 is 2.35 bits per heavy atom. The molecule has 1 saturated carbocycles. The molecule has 0 unspecified atom stereocenters. The van der Waals surface area contributed by atoms with E-state index in [2.05, 4.69) is 0 Å². The highest BCUT2D eigenvalue weighted by atomic mass is 32.2. The number of aliphatic hydroxyl groups is 1. The number of hydrogen-bond donors (Lipinski definition) is 1. The van der Waals surface area contributed by atoms with Crippen molar-refractivity contribution in [1.29, 1.82) is 0 Å². The number of hydrogen-bond acceptors (Lipinski definition) is 3. The van der Waals surface area contributed by atoms with Crippen LogP contribution in [0.1, 0.15) is 31.2 Å². The molecule has 1 aromatic carbocycles. The van der Waals surface area contributed by atoms with Crippen LogP contribution in [0.2, 0.25) is 0 Å². The van der Waals surface area contributed by atoms with Gasteiger partial charge in [0.25, 0.3) is 0 Å². The fourth-order valence-corrected chi connectivity index (χ4v) is 4.52. The van der Waals surface area contributed by atoms with Crippen LogP contribution >= 0.6 is 0 Å². The zero-order chi connectivity index (χ0) is 14.6. The monoisotopic (exact) mass is 301 g/mol. The van der Waals surface area contributed by atoms with Gasteiger partial charge in [-0.15, -0.1) is 0 Å². The zero-order valence-electron chi connectivity index (χ0n) is 11.3. The molecule has 0 atom stereocenters. The minimum atomic E-state index is -3.48. The van der Waals surface area contributed by atoms with Crippen LogP contribution in [0, 0.1) is 5.82 Å². The molecular formula is C14H20FNO3S. The van der Waals surface area contributed by atoms with Gasteiger partial charge in [-0.1, -0.05) is 25.0 Å². The van der Waals surface area contributed by atoms with Crippen LogP contribution in [0.3, 0.4) is 0 Å². The molecule has 1 aromatic rings. The lowest BCUT2D eigenvalue weighted by Crippen LogP contribution is -2.41. The van der Waals surface area contributed by atoms with Gasteiger partial charge in [-0.2, -0.15) is 4.31 Å². The Kier molecular flexibility index (Phi) is 5.12. The lowest BCUT2D eigenvalue weighted by Gasteiger charge is -2.27. The highest BCUT2D eigenvalue weighted by Gasteiger charge is 2.31. The SMILES string of the molecule is O=S(=O)(Cc1ccc(F)cc1)N(CCO)C1CCCC1. The van der Waals surface area contributed by atoms with E-state index in [1.54, 1.807) is 0 Å². The highest BCUT2D eigenvalue weighted by Crippen LogP contribution is 2.26. The topological polar surface area (TPSA) is 57.6 Å². The first kappa shape index (κ1) is 15.4. The number of aliphatic hydroxyl groups excluding tert-OH is 1. The van der Waals surface area contributed by atoms with E-state index < -0.39 is 10.0 Å². The average molecular weight is 301 g/mol. The number of halogens is 1. The fourth-order valence-electron chi connectivity index (χ4n) is 2.71. The summed E-state index contributed by atoms with van der Waals surface area (Å²) in [5.41, 5.74) is 0.562. The van der Waals surface area contributed by atoms with E-state index in [9.17, 15) is 12.8 Å². The summed E-state index contributed by atoms with van der Waals surface area (Å²) in [5.74, 6) is -0.529. The third kappa shape index (κ3) is 3.77. The Morgan fingerprint density at radius 2 is 1.80 bits per heavy atom. The number of benzene rings is 1. The maximum absolute atomic E-state index is 12.9. The van der Waals surface area contributed by atoms with E-state index in [4.69, 9.17) is 5.11 Å². The average Bonchev–Trinajstić information content (AvgIpc) is 2.92. The largest absolute Gasteiger partial charge is 0.395 e. The molecule has 20 heavy (non-hydrogen) atoms. The molecule has 0 amide bonds. The lowest BCUT2D eigenvalue weighted by molar-refractivity contribution is 0.226. The Labute approximate surface area is 119 Å². The van der Waals surface area contributed by atoms with Gasteiger partial charge in [-0.3, -0.25) is 0 Å². The van der Waals surface area contributed by atoms with Crippen molar-refractivity contribution in [2.75, 3.05) is 13.2 Å². The normalized spacial score (nSPS) is 16.9. The standard InChI is InChI=1S/C14H20FNO3S/c15-13-7-5-12(6-8-13)11-20(18,19)16(9-10-17)14-3-1-2-4-14/h5-8,14,17H,1-4,9-11H2. The summed E-state index contributed by atoms with van der Waals surface area (Å²) in [6, 6.07) is 5.48. The molecule has 0 aliphatic heterocycles. The first-order valence-corrected chi connectivity index (χ1v) is 8.48. The molecular weight excluding hydrogens is 281 g/mol. The van der Waals surface area contributed by atoms with Crippen LogP contribution in [0.25, 0.3) is 0 Å². The highest BCUT2D eigenvalue weighted by molar-refractivity contribution is 7.88. The van der Waals surface area contributed by atoms with E-state index in [-0.39, 0.29) is 30.8 Å². The van der Waals surface area contributed by atoms with Gasteiger partial charge in [0.15, 0.2) is 0 Å². The third-order valence-corrected chi connectivity index (χ3v) is 5.57. The maximum Gasteiger partial charge on any atom is 0.218 e. The van der Waals surface area contributed by atoms with Crippen molar-refractivity contribution >= 4 is 10.0 Å². The smallest absolute Gasteiger partial charge is 0.218 e. The second-order valence-corrected chi connectivity index (χ2v) is 7.08. The van der Waals surface area contributed by atoms with Gasteiger partial charge in [0.05, 0.1) is 12.4 Å². The van der Waals surface area contributed by atoms with Gasteiger partial charge in [-0.05, 0) is 30.5 Å². The van der Waals surface area contributed by atoms with Crippen LogP contribution in [-0.2, 0) is 15.8 Å². The molecule has 0 heterocycles. The molecule has 1 aliphatic carbocycles. The minimum Gasteiger partial charge on any atom is -0.395 e. The number of sulfonamides is 1. The van der Waals surface area contributed by atoms with Gasteiger partial charge in [0.1, 0.15) is 5.82 Å². The van der Waals surface area contributed by atoms with E-state index in [0.29, 0.717) is 5.56 Å². The summed E-state index contributed by atoms with van der Waals surface area (Å²) in [6.45, 7) is -0.0483. The summed E-state index contributed by atoms with van der Waals surface area (Å²) in [4.78, 5) is 0. The van der Waals surface area contributed by atoms with Crippen LogP contribution in [0.15, 0.2) is 24.3 Å². The maximum atomic E-state index is 12.9. The molecule has 0 saturated heterocycles. The molecule has 0 spiro atoms. The molecule has 0 bridgehead atoms. The van der Waals surface area contributed by atoms with Crippen LogP contribution < -0.4 is 0 Å². The van der Waals surface area contributed by atoms with E-state index >= 15 is 0 Å². The minimum absolute atomic E-state index is 0.00685. The van der Waals surface area contributed by atoms with Crippen LogP contribution in [0.5, 0.6) is 0 Å². The molecule has 0 aromatic heterocycles. The van der Waals surface area contributed by atoms with Gasteiger partial charge >= 0.3 is 0 Å². The second kappa shape index (κ2) is 6.65. The Bertz CT molecular complexity index is 524. The molecule has 112 valence electrons. The van der Waals surface area contributed by atoms with Crippen LogP contribution in [-0.4, -0.2) is 37.0 Å². The van der Waals surface area contributed by atoms with Crippen molar-refractivity contribution in [2.45, 2.75) is 37.5 Å². The Balaban J connectivity index is 2.14. The van der Waals surface area contributed by atoms with Gasteiger partial charge in [-0.25, -0.2) is 12.8 Å². The van der Waals surface area contributed by atoms with Crippen molar-refractivity contribution in [2.24, 2.45) is 0 Å². The first-order chi connectivity index (χ1) is 9.53. The fraction of sp³-hybridized carbons (Fsp3) is 0.571. The number of nitrogens with zero attached hydrogens (tertiary/aromatic N) is 1. The van der Waals surface area contributed by atoms with Gasteiger partial charge in [0, 0.05) is 12.6 Å². The Morgan fingerprint density at radius 1 is 1.20 bits per heavy atom. The number of rotatable bonds is 6. The van der Waals surface area contributed by atoms with E-state index in [1.807, 2.05) is 0 Å². The predicted molar refractivity (Wildman–Crippen MR) is 75.1 cm³/mol. The molecule has 2 rings (SSSR count). The van der Waals surface area contributed by atoms with Crippen molar-refractivity contribution in [1.82, 2.24) is 4.31 Å². The first-order valence-electron chi connectivity index (χ1n) is 6.88. The molecule has 1 N–H and O–H groups in total. The van der Waals surface area contributed by atoms with Crippen molar-refractivity contribution in [3.05, 3.63) is 35.6 Å². The van der Waals surface area contributed by atoms with Crippen LogP contribution in [0.4, 0.5) is 4.39 Å². The van der Waals surface area contributed by atoms with Crippen molar-refractivity contribution < 1.29 is 17.9 Å². The third-order valence-electron chi connectivity index (χ3n) is 3.67. The second-order valence-electron chi connectivity index (χ2n) is 5.16. The van der Waals surface area contributed by atoms with Crippen molar-refractivity contribution in [3.8, 4) is 0 Å². The van der Waals surface area contributed by atoms with Gasteiger partial charge in [0.2, 0.25) is 10.0 Å². The Hall–Kier alpha value is -0.980. The predicted octanol–water partition coefficient (Wildman–Crippen LogP) is 1.89. The summed E-state index contributed by atoms with van der Waals surface area (Å²) < 4.78 is 39.2. The summed E-state index contributed by atoms with van der Waals surface area (Å²) >= 11 is 0. The lowest BCUT2D eigenvalue weighted by atomic mass is 10.2. The van der Waals surface area contributed by atoms with E-state index in [0.717, 1.165) is 25.7 Å². The molecule has 1 fully saturated rings. The van der Waals surface area contributed by atoms with Crippen molar-refractivity contribution in [3.63, 3.8) is 0 Å². The molecule has 0 radical (unpaired) electrons. The molecule has 1 aliphatic rings. The van der Waals surface area contributed by atoms with Gasteiger partial charge < -0.3 is 5.11 Å².